The van der Waals surface area contributed by atoms with Crippen molar-refractivity contribution in [1.82, 2.24) is 10.6 Å². The number of benzene rings is 2. The van der Waals surface area contributed by atoms with Gasteiger partial charge in [0, 0.05) is 17.7 Å². The molecule has 1 atom stereocenters. The van der Waals surface area contributed by atoms with Crippen molar-refractivity contribution in [1.29, 1.82) is 0 Å². The van der Waals surface area contributed by atoms with Crippen molar-refractivity contribution in [3.8, 4) is 0 Å². The summed E-state index contributed by atoms with van der Waals surface area (Å²) in [5.74, 6) is -0.0891. The lowest BCUT2D eigenvalue weighted by molar-refractivity contribution is -0.384. The Balaban J connectivity index is 0.00000110. The summed E-state index contributed by atoms with van der Waals surface area (Å²) in [7, 11) is -1.69. The number of nitro benzene ring substituents is 1. The molecule has 0 aliphatic carbocycles. The lowest BCUT2D eigenvalue weighted by atomic mass is 9.92. The van der Waals surface area contributed by atoms with Crippen LogP contribution in [-0.4, -0.2) is 40.3 Å². The molecule has 2 aromatic rings. The summed E-state index contributed by atoms with van der Waals surface area (Å²) in [5, 5.41) is 33.5. The third-order valence-electron chi connectivity index (χ3n) is 3.72. The van der Waals surface area contributed by atoms with Gasteiger partial charge in [0.1, 0.15) is 0 Å². The van der Waals surface area contributed by atoms with Gasteiger partial charge in [-0.2, -0.15) is 0 Å². The molecular formula is C21H28BN3O6. The standard InChI is InChI=1S/C17H18BN3O6.C4H10/c22-16(19-11-18(24)25)10-15(12-6-8-14(9-7-12)21(26)27)20-17(23)13-4-2-1-3-5-13;1-4(2)3/h1-9,15,24-25H,10-11H2,(H,19,22)(H,20,23);4H,1-3H3. The van der Waals surface area contributed by atoms with Crippen molar-refractivity contribution >= 4 is 24.6 Å². The molecule has 10 heteroatoms. The first-order chi connectivity index (χ1) is 14.6. The second-order valence-corrected chi connectivity index (χ2v) is 7.46. The monoisotopic (exact) mass is 429 g/mol. The predicted molar refractivity (Wildman–Crippen MR) is 118 cm³/mol. The zero-order chi connectivity index (χ0) is 23.4. The molecule has 9 nitrogen and oxygen atoms in total. The fraction of sp³-hybridized carbons (Fsp3) is 0.333. The van der Waals surface area contributed by atoms with E-state index >= 15 is 0 Å². The average molecular weight is 429 g/mol. The minimum atomic E-state index is -1.69. The first kappa shape index (κ1) is 25.8. The van der Waals surface area contributed by atoms with Crippen molar-refractivity contribution in [3.05, 3.63) is 75.8 Å². The molecule has 0 spiro atoms. The highest BCUT2D eigenvalue weighted by molar-refractivity contribution is 6.41. The number of rotatable bonds is 8. The van der Waals surface area contributed by atoms with E-state index in [1.54, 1.807) is 30.3 Å². The summed E-state index contributed by atoms with van der Waals surface area (Å²) in [6.45, 7) is 6.50. The van der Waals surface area contributed by atoms with Crippen LogP contribution >= 0.6 is 0 Å². The van der Waals surface area contributed by atoms with Gasteiger partial charge in [-0.05, 0) is 23.6 Å². The van der Waals surface area contributed by atoms with E-state index < -0.39 is 29.9 Å². The van der Waals surface area contributed by atoms with E-state index in [1.165, 1.54) is 24.3 Å². The van der Waals surface area contributed by atoms with E-state index in [1.807, 2.05) is 0 Å². The summed E-state index contributed by atoms with van der Waals surface area (Å²) in [4.78, 5) is 34.7. The fourth-order valence-corrected chi connectivity index (χ4v) is 2.37. The van der Waals surface area contributed by atoms with Gasteiger partial charge >= 0.3 is 7.12 Å². The molecular weight excluding hydrogens is 401 g/mol. The molecule has 0 bridgehead atoms. The van der Waals surface area contributed by atoms with Gasteiger partial charge in [0.15, 0.2) is 0 Å². The van der Waals surface area contributed by atoms with Crippen LogP contribution in [0.2, 0.25) is 0 Å². The molecule has 0 aliphatic rings. The largest absolute Gasteiger partial charge is 0.472 e. The van der Waals surface area contributed by atoms with Gasteiger partial charge < -0.3 is 20.7 Å². The molecule has 0 fully saturated rings. The summed E-state index contributed by atoms with van der Waals surface area (Å²) in [5.41, 5.74) is 0.792. The van der Waals surface area contributed by atoms with Gasteiger partial charge in [-0.1, -0.05) is 51.1 Å². The van der Waals surface area contributed by atoms with E-state index in [2.05, 4.69) is 31.4 Å². The van der Waals surface area contributed by atoms with Gasteiger partial charge in [0.2, 0.25) is 5.91 Å². The van der Waals surface area contributed by atoms with Crippen LogP contribution in [0.3, 0.4) is 0 Å². The molecule has 2 amide bonds. The second kappa shape index (κ2) is 13.1. The Morgan fingerprint density at radius 3 is 2.06 bits per heavy atom. The zero-order valence-corrected chi connectivity index (χ0v) is 17.8. The Kier molecular flexibility index (Phi) is 10.9. The molecule has 1 unspecified atom stereocenters. The lowest BCUT2D eigenvalue weighted by Gasteiger charge is -2.19. The Labute approximate surface area is 181 Å². The van der Waals surface area contributed by atoms with Crippen LogP contribution in [0.5, 0.6) is 0 Å². The Morgan fingerprint density at radius 2 is 1.58 bits per heavy atom. The first-order valence-electron chi connectivity index (χ1n) is 9.83. The van der Waals surface area contributed by atoms with Crippen molar-refractivity contribution in [2.45, 2.75) is 33.2 Å². The summed E-state index contributed by atoms with van der Waals surface area (Å²) in [6, 6.07) is 13.1. The SMILES string of the molecule is CC(C)C.O=C(CC(NC(=O)c1ccccc1)c1ccc([N+](=O)[O-])cc1)NCB(O)O. The maximum Gasteiger partial charge on any atom is 0.472 e. The zero-order valence-electron chi connectivity index (χ0n) is 17.8. The normalized spacial score (nSPS) is 11.0. The van der Waals surface area contributed by atoms with Crippen LogP contribution in [0.4, 0.5) is 5.69 Å². The number of hydrogen-bond acceptors (Lipinski definition) is 6. The molecule has 0 aromatic heterocycles. The molecule has 31 heavy (non-hydrogen) atoms. The fourth-order valence-electron chi connectivity index (χ4n) is 2.37. The topological polar surface area (TPSA) is 142 Å². The minimum Gasteiger partial charge on any atom is -0.426 e. The average Bonchev–Trinajstić information content (AvgIpc) is 2.72. The van der Waals surface area contributed by atoms with Crippen molar-refractivity contribution in [2.75, 3.05) is 6.44 Å². The highest BCUT2D eigenvalue weighted by Gasteiger charge is 2.21. The second-order valence-electron chi connectivity index (χ2n) is 7.46. The van der Waals surface area contributed by atoms with Crippen LogP contribution in [0.15, 0.2) is 54.6 Å². The Hall–Kier alpha value is -3.24. The number of nitro groups is 1. The smallest absolute Gasteiger partial charge is 0.426 e. The highest BCUT2D eigenvalue weighted by Crippen LogP contribution is 2.21. The van der Waals surface area contributed by atoms with Gasteiger partial charge in [0.05, 0.1) is 23.8 Å². The summed E-state index contributed by atoms with van der Waals surface area (Å²) < 4.78 is 0. The first-order valence-corrected chi connectivity index (χ1v) is 9.83. The maximum absolute atomic E-state index is 12.4. The summed E-state index contributed by atoms with van der Waals surface area (Å²) in [6.07, 6.45) is -0.526. The van der Waals surface area contributed by atoms with E-state index in [4.69, 9.17) is 10.0 Å². The number of non-ortho nitro benzene ring substituents is 1. The predicted octanol–water partition coefficient (Wildman–Crippen LogP) is 2.25. The van der Waals surface area contributed by atoms with Crippen LogP contribution < -0.4 is 10.6 Å². The molecule has 0 aliphatic heterocycles. The van der Waals surface area contributed by atoms with E-state index in [-0.39, 0.29) is 18.6 Å². The third-order valence-corrected chi connectivity index (χ3v) is 3.72. The van der Waals surface area contributed by atoms with E-state index in [0.29, 0.717) is 11.1 Å². The number of carbonyl (C=O) groups excluding carboxylic acids is 2. The van der Waals surface area contributed by atoms with Crippen molar-refractivity contribution in [2.24, 2.45) is 5.92 Å². The van der Waals surface area contributed by atoms with E-state index in [9.17, 15) is 19.7 Å². The van der Waals surface area contributed by atoms with E-state index in [0.717, 1.165) is 5.92 Å². The number of nitrogens with zero attached hydrogens (tertiary/aromatic N) is 1. The van der Waals surface area contributed by atoms with Crippen LogP contribution in [0, 0.1) is 16.0 Å². The van der Waals surface area contributed by atoms with Crippen LogP contribution in [-0.2, 0) is 4.79 Å². The Morgan fingerprint density at radius 1 is 1.03 bits per heavy atom. The molecule has 2 aromatic carbocycles. The van der Waals surface area contributed by atoms with Crippen LogP contribution in [0.1, 0.15) is 49.2 Å². The van der Waals surface area contributed by atoms with Gasteiger partial charge in [0.25, 0.3) is 11.6 Å². The maximum atomic E-state index is 12.4. The van der Waals surface area contributed by atoms with Crippen molar-refractivity contribution in [3.63, 3.8) is 0 Å². The third kappa shape index (κ3) is 10.4. The Bertz CT molecular complexity index is 841. The molecule has 0 saturated heterocycles. The molecule has 0 heterocycles. The highest BCUT2D eigenvalue weighted by atomic mass is 16.6. The molecule has 2 rings (SSSR count). The summed E-state index contributed by atoms with van der Waals surface area (Å²) >= 11 is 0. The molecule has 166 valence electrons. The lowest BCUT2D eigenvalue weighted by Crippen LogP contribution is -2.38. The minimum absolute atomic E-state index is 0.111. The quantitative estimate of drug-likeness (QED) is 0.288. The number of nitrogens with one attached hydrogen (secondary N) is 2. The molecule has 0 saturated carbocycles. The van der Waals surface area contributed by atoms with Gasteiger partial charge in [-0.25, -0.2) is 0 Å². The molecule has 0 radical (unpaired) electrons. The van der Waals surface area contributed by atoms with Gasteiger partial charge in [-0.15, -0.1) is 0 Å². The van der Waals surface area contributed by atoms with Gasteiger partial charge in [-0.3, -0.25) is 19.7 Å². The number of amides is 2. The molecule has 4 N–H and O–H groups in total. The van der Waals surface area contributed by atoms with Crippen LogP contribution in [0.25, 0.3) is 0 Å². The van der Waals surface area contributed by atoms with Crippen molar-refractivity contribution < 1.29 is 24.6 Å². The number of carbonyl (C=O) groups is 2. The number of hydrogen-bond donors (Lipinski definition) is 4.